The Bertz CT molecular complexity index is 614. The van der Waals surface area contributed by atoms with Crippen LogP contribution in [0.25, 0.3) is 0 Å². The van der Waals surface area contributed by atoms with Gasteiger partial charge in [0.1, 0.15) is 0 Å². The lowest BCUT2D eigenvalue weighted by Crippen LogP contribution is -2.17. The van der Waals surface area contributed by atoms with E-state index in [0.29, 0.717) is 0 Å². The van der Waals surface area contributed by atoms with Gasteiger partial charge >= 0.3 is 0 Å². The summed E-state index contributed by atoms with van der Waals surface area (Å²) in [5.74, 6) is 0.0520. The predicted octanol–water partition coefficient (Wildman–Crippen LogP) is 7.81. The van der Waals surface area contributed by atoms with Crippen LogP contribution in [0.2, 0.25) is 0 Å². The van der Waals surface area contributed by atoms with Gasteiger partial charge in [-0.2, -0.15) is 0 Å². The van der Waals surface area contributed by atoms with E-state index in [-0.39, 0.29) is 5.91 Å². The Hall–Kier alpha value is -1.35. The largest absolute Gasteiger partial charge is 0.322 e. The second kappa shape index (κ2) is 12.9. The van der Waals surface area contributed by atoms with Gasteiger partial charge in [0.2, 0.25) is 0 Å². The van der Waals surface area contributed by atoms with Crippen LogP contribution in [-0.2, 0) is 4.79 Å². The third-order valence-electron chi connectivity index (χ3n) is 4.33. The maximum absolute atomic E-state index is 13.1. The summed E-state index contributed by atoms with van der Waals surface area (Å²) in [5, 5.41) is 3.10. The fourth-order valence-electron chi connectivity index (χ4n) is 3.11. The molecule has 0 aliphatic rings. The van der Waals surface area contributed by atoms with Crippen LogP contribution in [-0.4, -0.2) is 5.91 Å². The van der Waals surface area contributed by atoms with Crippen molar-refractivity contribution in [2.75, 3.05) is 5.32 Å². The van der Waals surface area contributed by atoms with Gasteiger partial charge in [0.15, 0.2) is 0 Å². The van der Waals surface area contributed by atoms with Gasteiger partial charge in [-0.1, -0.05) is 75.4 Å². The molecule has 0 spiro atoms. The highest BCUT2D eigenvalue weighted by Gasteiger charge is 2.17. The molecular formula is C23H34BrNO. The van der Waals surface area contributed by atoms with Crippen LogP contribution in [0.1, 0.15) is 79.1 Å². The highest BCUT2D eigenvalue weighted by molar-refractivity contribution is 9.10. The number of carbonyl (C=O) groups excluding carboxylic acids is 1. The Morgan fingerprint density at radius 3 is 2.00 bits per heavy atom. The third-order valence-corrected chi connectivity index (χ3v) is 4.86. The molecule has 0 aromatic heterocycles. The highest BCUT2D eigenvalue weighted by atomic mass is 79.9. The monoisotopic (exact) mass is 419 g/mol. The van der Waals surface area contributed by atoms with Gasteiger partial charge in [-0.3, -0.25) is 4.79 Å². The average molecular weight is 420 g/mol. The van der Waals surface area contributed by atoms with Crippen LogP contribution in [0.5, 0.6) is 0 Å². The first-order valence-electron chi connectivity index (χ1n) is 10.1. The number of carbonyl (C=O) groups is 1. The Morgan fingerprint density at radius 1 is 0.885 bits per heavy atom. The zero-order chi connectivity index (χ0) is 19.4. The lowest BCUT2D eigenvalue weighted by Gasteiger charge is -2.18. The average Bonchev–Trinajstić information content (AvgIpc) is 2.63. The molecule has 26 heavy (non-hydrogen) atoms. The maximum atomic E-state index is 13.1. The second-order valence-corrected chi connectivity index (χ2v) is 7.60. The summed E-state index contributed by atoms with van der Waals surface area (Å²) >= 11 is 3.44. The molecule has 0 heterocycles. The number of anilines is 1. The van der Waals surface area contributed by atoms with E-state index in [2.05, 4.69) is 55.0 Å². The number of amides is 1. The molecule has 0 bridgehead atoms. The van der Waals surface area contributed by atoms with Gasteiger partial charge < -0.3 is 5.32 Å². The van der Waals surface area contributed by atoms with Crippen LogP contribution in [0.15, 0.2) is 51.5 Å². The molecule has 1 N–H and O–H groups in total. The molecule has 0 radical (unpaired) electrons. The van der Waals surface area contributed by atoms with Crippen LogP contribution in [0.3, 0.4) is 0 Å². The van der Waals surface area contributed by atoms with Gasteiger partial charge in [0, 0.05) is 15.7 Å². The molecule has 1 rings (SSSR count). The fourth-order valence-corrected chi connectivity index (χ4v) is 3.37. The van der Waals surface area contributed by atoms with Gasteiger partial charge in [-0.05, 0) is 61.1 Å². The Kier molecular flexibility index (Phi) is 11.3. The molecule has 0 unspecified atom stereocenters. The first-order chi connectivity index (χ1) is 12.6. The zero-order valence-corrected chi connectivity index (χ0v) is 18.4. The minimum absolute atomic E-state index is 0.0520. The number of hydrogen-bond acceptors (Lipinski definition) is 1. The lowest BCUT2D eigenvalue weighted by atomic mass is 9.89. The molecule has 2 nitrogen and oxygen atoms in total. The number of allylic oxidation sites excluding steroid dienone is 3. The van der Waals surface area contributed by atoms with E-state index in [0.717, 1.165) is 67.1 Å². The van der Waals surface area contributed by atoms with E-state index in [4.69, 9.17) is 0 Å². The number of benzene rings is 1. The molecule has 1 aromatic rings. The first kappa shape index (κ1) is 22.7. The lowest BCUT2D eigenvalue weighted by molar-refractivity contribution is -0.113. The van der Waals surface area contributed by atoms with Gasteiger partial charge in [-0.15, -0.1) is 0 Å². The molecule has 0 saturated heterocycles. The van der Waals surface area contributed by atoms with Gasteiger partial charge in [0.05, 0.1) is 0 Å². The SMILES string of the molecule is CCC/C=C(CCC)/C(CCC)=C(/CCC)C(=O)Nc1ccc(Br)cc1. The smallest absolute Gasteiger partial charge is 0.251 e. The molecule has 0 aliphatic heterocycles. The highest BCUT2D eigenvalue weighted by Crippen LogP contribution is 2.28. The van der Waals surface area contributed by atoms with Crippen LogP contribution in [0, 0.1) is 0 Å². The van der Waals surface area contributed by atoms with Crippen molar-refractivity contribution in [2.24, 2.45) is 0 Å². The predicted molar refractivity (Wildman–Crippen MR) is 118 cm³/mol. The van der Waals surface area contributed by atoms with E-state index >= 15 is 0 Å². The maximum Gasteiger partial charge on any atom is 0.251 e. The number of halogens is 1. The number of rotatable bonds is 11. The van der Waals surface area contributed by atoms with Crippen molar-refractivity contribution in [3.63, 3.8) is 0 Å². The van der Waals surface area contributed by atoms with Crippen molar-refractivity contribution < 1.29 is 4.79 Å². The van der Waals surface area contributed by atoms with Gasteiger partial charge in [-0.25, -0.2) is 0 Å². The molecule has 0 saturated carbocycles. The van der Waals surface area contributed by atoms with Crippen molar-refractivity contribution in [3.05, 3.63) is 51.5 Å². The summed E-state index contributed by atoms with van der Waals surface area (Å²) in [6, 6.07) is 7.78. The normalized spacial score (nSPS) is 12.7. The van der Waals surface area contributed by atoms with Crippen molar-refractivity contribution >= 4 is 27.5 Å². The van der Waals surface area contributed by atoms with Crippen molar-refractivity contribution in [2.45, 2.75) is 79.1 Å². The molecule has 0 fully saturated rings. The third kappa shape index (κ3) is 7.49. The summed E-state index contributed by atoms with van der Waals surface area (Å²) < 4.78 is 1.01. The summed E-state index contributed by atoms with van der Waals surface area (Å²) in [6.45, 7) is 8.76. The van der Waals surface area contributed by atoms with E-state index in [1.807, 2.05) is 24.3 Å². The first-order valence-corrected chi connectivity index (χ1v) is 10.8. The van der Waals surface area contributed by atoms with Crippen LogP contribution in [0.4, 0.5) is 5.69 Å². The van der Waals surface area contributed by atoms with E-state index in [9.17, 15) is 4.79 Å². The Morgan fingerprint density at radius 2 is 1.46 bits per heavy atom. The van der Waals surface area contributed by atoms with E-state index in [1.54, 1.807) is 0 Å². The van der Waals surface area contributed by atoms with Crippen molar-refractivity contribution in [1.29, 1.82) is 0 Å². The second-order valence-electron chi connectivity index (χ2n) is 6.69. The van der Waals surface area contributed by atoms with E-state index in [1.165, 1.54) is 11.1 Å². The summed E-state index contributed by atoms with van der Waals surface area (Å²) in [7, 11) is 0. The number of hydrogen-bond donors (Lipinski definition) is 1. The topological polar surface area (TPSA) is 29.1 Å². The molecule has 3 heteroatoms. The number of nitrogens with one attached hydrogen (secondary N) is 1. The van der Waals surface area contributed by atoms with Crippen LogP contribution < -0.4 is 5.32 Å². The Balaban J connectivity index is 3.24. The quantitative estimate of drug-likeness (QED) is 0.287. The molecule has 0 aliphatic carbocycles. The van der Waals surface area contributed by atoms with E-state index < -0.39 is 0 Å². The van der Waals surface area contributed by atoms with Crippen molar-refractivity contribution in [3.8, 4) is 0 Å². The minimum atomic E-state index is 0.0520. The summed E-state index contributed by atoms with van der Waals surface area (Å²) in [6.07, 6.45) is 10.6. The summed E-state index contributed by atoms with van der Waals surface area (Å²) in [5.41, 5.74) is 4.47. The molecule has 1 aromatic carbocycles. The standard InChI is InChI=1S/C23H34BrNO/c1-5-9-13-18(10-6-2)21(11-7-3)22(12-8-4)23(26)25-20-16-14-19(24)15-17-20/h13-17H,5-12H2,1-4H3,(H,25,26)/b18-13+,22-21-. The van der Waals surface area contributed by atoms with Gasteiger partial charge in [0.25, 0.3) is 5.91 Å². The molecule has 144 valence electrons. The molecular weight excluding hydrogens is 386 g/mol. The summed E-state index contributed by atoms with van der Waals surface area (Å²) in [4.78, 5) is 13.1. The van der Waals surface area contributed by atoms with Crippen molar-refractivity contribution in [1.82, 2.24) is 0 Å². The zero-order valence-electron chi connectivity index (χ0n) is 16.8. The Labute approximate surface area is 168 Å². The van der Waals surface area contributed by atoms with Crippen LogP contribution >= 0.6 is 15.9 Å². The number of unbranched alkanes of at least 4 members (excludes halogenated alkanes) is 1. The molecule has 1 amide bonds. The minimum Gasteiger partial charge on any atom is -0.322 e. The molecule has 0 atom stereocenters. The fraction of sp³-hybridized carbons (Fsp3) is 0.522.